The molecular weight excluding hydrogens is 492 g/mol. The number of halogens is 1. The number of ether oxygens (including phenoxy) is 2. The van der Waals surface area contributed by atoms with Gasteiger partial charge in [-0.2, -0.15) is 0 Å². The highest BCUT2D eigenvalue weighted by atomic mass is 35.5. The van der Waals surface area contributed by atoms with Crippen LogP contribution in [0.4, 0.5) is 0 Å². The first-order valence-corrected chi connectivity index (χ1v) is 13.4. The molecule has 4 rings (SSSR count). The lowest BCUT2D eigenvalue weighted by Crippen LogP contribution is -2.51. The van der Waals surface area contributed by atoms with E-state index < -0.39 is 5.41 Å². The summed E-state index contributed by atoms with van der Waals surface area (Å²) >= 11 is 6.35. The van der Waals surface area contributed by atoms with E-state index in [2.05, 4.69) is 0 Å². The van der Waals surface area contributed by atoms with Gasteiger partial charge in [0.05, 0.1) is 25.4 Å². The molecule has 0 spiro atoms. The molecule has 2 heterocycles. The summed E-state index contributed by atoms with van der Waals surface area (Å²) in [6.45, 7) is 6.33. The highest BCUT2D eigenvalue weighted by Crippen LogP contribution is 2.37. The molecule has 1 atom stereocenters. The number of aliphatic hydroxyl groups excluding tert-OH is 1. The number of aliphatic hydroxyl groups is 1. The van der Waals surface area contributed by atoms with Crippen molar-refractivity contribution in [3.05, 3.63) is 58.1 Å². The normalized spacial score (nSPS) is 20.6. The number of benzene rings is 2. The molecule has 2 aromatic rings. The molecule has 0 radical (unpaired) electrons. The Labute approximate surface area is 224 Å². The molecule has 2 amide bonds. The van der Waals surface area contributed by atoms with E-state index in [1.54, 1.807) is 19.2 Å². The molecule has 200 valence electrons. The summed E-state index contributed by atoms with van der Waals surface area (Å²) in [6.07, 6.45) is 2.67. The molecule has 0 unspecified atom stereocenters. The first-order chi connectivity index (χ1) is 17.7. The summed E-state index contributed by atoms with van der Waals surface area (Å²) < 4.78 is 11.8. The number of aryl methyl sites for hydroxylation is 2. The number of nitrogens with zero attached hydrogens (tertiary/aromatic N) is 2. The maximum atomic E-state index is 13.6. The smallest absolute Gasteiger partial charge is 0.257 e. The number of hydrogen-bond acceptors (Lipinski definition) is 5. The van der Waals surface area contributed by atoms with Gasteiger partial charge in [-0.05, 0) is 74.9 Å². The number of likely N-dealkylation sites (tertiary alicyclic amines) is 2. The monoisotopic (exact) mass is 528 g/mol. The van der Waals surface area contributed by atoms with Gasteiger partial charge in [-0.1, -0.05) is 23.7 Å². The third kappa shape index (κ3) is 6.39. The molecule has 0 aliphatic carbocycles. The lowest BCUT2D eigenvalue weighted by Gasteiger charge is -2.43. The lowest BCUT2D eigenvalue weighted by molar-refractivity contribution is -0.137. The number of piperidine rings is 2. The molecule has 0 saturated carbocycles. The number of rotatable bonds is 7. The fourth-order valence-corrected chi connectivity index (χ4v) is 5.57. The minimum absolute atomic E-state index is 0.0468. The minimum atomic E-state index is -0.537. The van der Waals surface area contributed by atoms with Crippen molar-refractivity contribution in [1.29, 1.82) is 0 Å². The number of hydrogen-bond donors (Lipinski definition) is 1. The zero-order valence-electron chi connectivity index (χ0n) is 22.0. The van der Waals surface area contributed by atoms with Gasteiger partial charge in [0.1, 0.15) is 11.5 Å². The van der Waals surface area contributed by atoms with Gasteiger partial charge < -0.3 is 24.4 Å². The van der Waals surface area contributed by atoms with Crippen molar-refractivity contribution in [2.45, 2.75) is 52.1 Å². The summed E-state index contributed by atoms with van der Waals surface area (Å²) in [4.78, 5) is 30.7. The predicted octanol–water partition coefficient (Wildman–Crippen LogP) is 4.64. The van der Waals surface area contributed by atoms with Crippen molar-refractivity contribution in [3.63, 3.8) is 0 Å². The Balaban J connectivity index is 1.57. The van der Waals surface area contributed by atoms with Gasteiger partial charge in [-0.15, -0.1) is 0 Å². The molecule has 2 fully saturated rings. The van der Waals surface area contributed by atoms with Crippen molar-refractivity contribution < 1.29 is 24.2 Å². The Hall–Kier alpha value is -2.77. The van der Waals surface area contributed by atoms with Crippen LogP contribution in [0.1, 0.15) is 53.6 Å². The van der Waals surface area contributed by atoms with Gasteiger partial charge in [-0.3, -0.25) is 9.59 Å². The van der Waals surface area contributed by atoms with Crippen LogP contribution in [0.5, 0.6) is 11.5 Å². The number of amides is 2. The van der Waals surface area contributed by atoms with Gasteiger partial charge in [0.2, 0.25) is 5.91 Å². The van der Waals surface area contributed by atoms with Crippen molar-refractivity contribution in [2.75, 3.05) is 39.9 Å². The van der Waals surface area contributed by atoms with E-state index in [9.17, 15) is 14.7 Å². The van der Waals surface area contributed by atoms with Crippen LogP contribution in [0.15, 0.2) is 36.4 Å². The predicted molar refractivity (Wildman–Crippen MR) is 143 cm³/mol. The molecule has 2 aliphatic heterocycles. The Bertz CT molecular complexity index is 1110. The molecule has 0 bridgehead atoms. The second kappa shape index (κ2) is 11.7. The third-order valence-corrected chi connectivity index (χ3v) is 8.18. The SMILES string of the molecule is COc1ccccc1C(=O)N1CCC[C@@](COc2cc(C)c(Cl)c(C)c2)(CC(=O)N2CCC(O)CC2)C1. The first kappa shape index (κ1) is 27.3. The van der Waals surface area contributed by atoms with Crippen LogP contribution in [-0.2, 0) is 4.79 Å². The Kier molecular flexibility index (Phi) is 8.65. The molecule has 1 N–H and O–H groups in total. The van der Waals surface area contributed by atoms with Crippen LogP contribution in [0.2, 0.25) is 5.02 Å². The third-order valence-electron chi connectivity index (χ3n) is 7.58. The zero-order chi connectivity index (χ0) is 26.6. The second-order valence-corrected chi connectivity index (χ2v) is 10.9. The van der Waals surface area contributed by atoms with Crippen LogP contribution in [0.3, 0.4) is 0 Å². The van der Waals surface area contributed by atoms with E-state index >= 15 is 0 Å². The van der Waals surface area contributed by atoms with Gasteiger partial charge in [0.25, 0.3) is 5.91 Å². The van der Waals surface area contributed by atoms with Crippen molar-refractivity contribution >= 4 is 23.4 Å². The maximum Gasteiger partial charge on any atom is 0.257 e. The van der Waals surface area contributed by atoms with E-state index in [1.165, 1.54) is 0 Å². The highest BCUT2D eigenvalue weighted by Gasteiger charge is 2.41. The minimum Gasteiger partial charge on any atom is -0.496 e. The summed E-state index contributed by atoms with van der Waals surface area (Å²) in [5.74, 6) is 1.19. The van der Waals surface area contributed by atoms with Crippen LogP contribution in [-0.4, -0.2) is 72.7 Å². The largest absolute Gasteiger partial charge is 0.496 e. The quantitative estimate of drug-likeness (QED) is 0.566. The van der Waals surface area contributed by atoms with E-state index in [1.807, 2.05) is 47.9 Å². The summed E-state index contributed by atoms with van der Waals surface area (Å²) in [5.41, 5.74) is 1.85. The van der Waals surface area contributed by atoms with Crippen molar-refractivity contribution in [2.24, 2.45) is 5.41 Å². The van der Waals surface area contributed by atoms with E-state index in [0.29, 0.717) is 62.7 Å². The van der Waals surface area contributed by atoms with Gasteiger partial charge in [-0.25, -0.2) is 0 Å². The highest BCUT2D eigenvalue weighted by molar-refractivity contribution is 6.32. The molecule has 37 heavy (non-hydrogen) atoms. The van der Waals surface area contributed by atoms with Crippen LogP contribution < -0.4 is 9.47 Å². The van der Waals surface area contributed by atoms with Crippen molar-refractivity contribution in [1.82, 2.24) is 9.80 Å². The topological polar surface area (TPSA) is 79.3 Å². The van der Waals surface area contributed by atoms with Crippen LogP contribution in [0.25, 0.3) is 0 Å². The second-order valence-electron chi connectivity index (χ2n) is 10.5. The number of carbonyl (C=O) groups excluding carboxylic acids is 2. The summed E-state index contributed by atoms with van der Waals surface area (Å²) in [5, 5.41) is 10.6. The maximum absolute atomic E-state index is 13.6. The molecule has 2 aromatic carbocycles. The molecular formula is C29H37ClN2O5. The molecule has 0 aromatic heterocycles. The fourth-order valence-electron chi connectivity index (χ4n) is 5.46. The molecule has 7 nitrogen and oxygen atoms in total. The Morgan fingerprint density at radius 1 is 1.08 bits per heavy atom. The first-order valence-electron chi connectivity index (χ1n) is 13.0. The van der Waals surface area contributed by atoms with Crippen LogP contribution >= 0.6 is 11.6 Å². The van der Waals surface area contributed by atoms with Gasteiger partial charge in [0.15, 0.2) is 0 Å². The van der Waals surface area contributed by atoms with E-state index in [4.69, 9.17) is 21.1 Å². The number of para-hydroxylation sites is 1. The standard InChI is InChI=1S/C29H37ClN2O5/c1-20-15-23(16-21(2)27(20)30)37-19-29(17-26(34)31-13-9-22(33)10-14-31)11-6-12-32(18-29)28(35)24-7-4-5-8-25(24)36-3/h4-5,7-8,15-16,22,33H,6,9-14,17-19H2,1-3H3/t29-/m1/s1. The summed E-state index contributed by atoms with van der Waals surface area (Å²) in [7, 11) is 1.56. The number of carbonyl (C=O) groups is 2. The summed E-state index contributed by atoms with van der Waals surface area (Å²) in [6, 6.07) is 11.1. The average molecular weight is 529 g/mol. The van der Waals surface area contributed by atoms with Gasteiger partial charge in [0, 0.05) is 43.0 Å². The zero-order valence-corrected chi connectivity index (χ0v) is 22.7. The van der Waals surface area contributed by atoms with E-state index in [0.717, 1.165) is 29.0 Å². The van der Waals surface area contributed by atoms with Crippen molar-refractivity contribution in [3.8, 4) is 11.5 Å². The lowest BCUT2D eigenvalue weighted by atomic mass is 9.77. The van der Waals surface area contributed by atoms with Gasteiger partial charge >= 0.3 is 0 Å². The molecule has 2 saturated heterocycles. The van der Waals surface area contributed by atoms with E-state index in [-0.39, 0.29) is 24.3 Å². The molecule has 2 aliphatic rings. The molecule has 8 heteroatoms. The Morgan fingerprint density at radius 3 is 2.43 bits per heavy atom. The average Bonchev–Trinajstić information content (AvgIpc) is 2.90. The number of methoxy groups -OCH3 is 1. The fraction of sp³-hybridized carbons (Fsp3) is 0.517. The Morgan fingerprint density at radius 2 is 1.76 bits per heavy atom. The van der Waals surface area contributed by atoms with Crippen LogP contribution in [0, 0.1) is 19.3 Å².